The number of nitrogens with two attached hydrogens (primary N) is 1. The van der Waals surface area contributed by atoms with Crippen LogP contribution in [0, 0.1) is 16.7 Å². The van der Waals surface area contributed by atoms with Gasteiger partial charge in [0.25, 0.3) is 0 Å². The molecule has 0 aliphatic carbocycles. The van der Waals surface area contributed by atoms with Crippen LogP contribution in [-0.4, -0.2) is 48.8 Å². The van der Waals surface area contributed by atoms with Crippen LogP contribution in [-0.2, 0) is 14.3 Å². The molecule has 1 saturated heterocycles. The first kappa shape index (κ1) is 20.1. The van der Waals surface area contributed by atoms with Crippen molar-refractivity contribution in [1.29, 1.82) is 5.26 Å². The molecule has 0 radical (unpaired) electrons. The number of morpholine rings is 1. The second-order valence-electron chi connectivity index (χ2n) is 7.16. The lowest BCUT2D eigenvalue weighted by Gasteiger charge is -2.36. The number of nitrogens with zero attached hydrogens (tertiary/aromatic N) is 4. The van der Waals surface area contributed by atoms with Crippen molar-refractivity contribution in [2.75, 3.05) is 26.3 Å². The van der Waals surface area contributed by atoms with Crippen molar-refractivity contribution in [2.45, 2.75) is 13.8 Å². The molecule has 8 nitrogen and oxygen atoms in total. The zero-order valence-electron chi connectivity index (χ0n) is 16.6. The van der Waals surface area contributed by atoms with Crippen LogP contribution in [0.5, 0.6) is 0 Å². The van der Waals surface area contributed by atoms with Crippen LogP contribution in [0.15, 0.2) is 51.2 Å². The third kappa shape index (κ3) is 2.98. The summed E-state index contributed by atoms with van der Waals surface area (Å²) < 4.78 is 11.6. The summed E-state index contributed by atoms with van der Waals surface area (Å²) in [5, 5.41) is 10.6. The molecule has 1 spiro atoms. The lowest BCUT2D eigenvalue weighted by atomic mass is 9.74. The van der Waals surface area contributed by atoms with E-state index in [9.17, 15) is 10.1 Å². The van der Waals surface area contributed by atoms with Crippen molar-refractivity contribution in [1.82, 2.24) is 4.90 Å². The van der Waals surface area contributed by atoms with Gasteiger partial charge in [0.2, 0.25) is 11.8 Å². The SMILES string of the molecule is CC(=O)N=C1OC(c2ccc(Cl)cc2)=C(C)C12C(N1CCOCC1)=NC(N)=C2C#N. The number of hydrogen-bond acceptors (Lipinski definition) is 7. The van der Waals surface area contributed by atoms with Crippen molar-refractivity contribution in [3.63, 3.8) is 0 Å². The molecule has 1 aromatic rings. The quantitative estimate of drug-likeness (QED) is 0.739. The van der Waals surface area contributed by atoms with Gasteiger partial charge in [-0.2, -0.15) is 10.3 Å². The Kier molecular flexibility index (Phi) is 5.10. The first-order chi connectivity index (χ1) is 14.4. The van der Waals surface area contributed by atoms with Gasteiger partial charge in [0.05, 0.1) is 18.8 Å². The third-order valence-electron chi connectivity index (χ3n) is 5.40. The molecular weight excluding hydrogens is 406 g/mol. The number of benzene rings is 1. The minimum atomic E-state index is -1.25. The molecule has 0 aromatic heterocycles. The zero-order valence-corrected chi connectivity index (χ0v) is 17.4. The van der Waals surface area contributed by atoms with Gasteiger partial charge in [-0.05, 0) is 36.8 Å². The maximum Gasteiger partial charge on any atom is 0.245 e. The summed E-state index contributed by atoms with van der Waals surface area (Å²) in [6.07, 6.45) is 0. The van der Waals surface area contributed by atoms with E-state index in [1.807, 2.05) is 24.0 Å². The Morgan fingerprint density at radius 1 is 1.33 bits per heavy atom. The van der Waals surface area contributed by atoms with Crippen molar-refractivity contribution in [2.24, 2.45) is 21.1 Å². The molecule has 0 bridgehead atoms. The predicted octanol–water partition coefficient (Wildman–Crippen LogP) is 2.47. The summed E-state index contributed by atoms with van der Waals surface area (Å²) >= 11 is 6.03. The van der Waals surface area contributed by atoms with Gasteiger partial charge in [0.1, 0.15) is 23.5 Å². The molecule has 3 aliphatic rings. The van der Waals surface area contributed by atoms with Crippen molar-refractivity contribution in [3.8, 4) is 6.07 Å². The molecule has 2 N–H and O–H groups in total. The van der Waals surface area contributed by atoms with Gasteiger partial charge in [-0.3, -0.25) is 4.79 Å². The molecule has 1 amide bonds. The normalized spacial score (nSPS) is 25.1. The van der Waals surface area contributed by atoms with E-state index in [-0.39, 0.29) is 17.3 Å². The average Bonchev–Trinajstić information content (AvgIpc) is 3.18. The molecule has 1 aromatic carbocycles. The molecule has 30 heavy (non-hydrogen) atoms. The van der Waals surface area contributed by atoms with Crippen molar-refractivity contribution < 1.29 is 14.3 Å². The van der Waals surface area contributed by atoms with Crippen molar-refractivity contribution in [3.05, 3.63) is 51.8 Å². The number of rotatable bonds is 1. The van der Waals surface area contributed by atoms with Gasteiger partial charge in [-0.1, -0.05) is 11.6 Å². The first-order valence-corrected chi connectivity index (χ1v) is 9.84. The summed E-state index contributed by atoms with van der Waals surface area (Å²) in [7, 11) is 0. The Bertz CT molecular complexity index is 1070. The van der Waals surface area contributed by atoms with Gasteiger partial charge in [-0.15, -0.1) is 0 Å². The van der Waals surface area contributed by atoms with E-state index in [1.165, 1.54) is 6.92 Å². The first-order valence-electron chi connectivity index (χ1n) is 9.46. The number of carbonyl (C=O) groups is 1. The van der Waals surface area contributed by atoms with E-state index in [4.69, 9.17) is 26.8 Å². The van der Waals surface area contributed by atoms with E-state index >= 15 is 0 Å². The number of ether oxygens (including phenoxy) is 2. The zero-order chi connectivity index (χ0) is 21.5. The highest BCUT2D eigenvalue weighted by atomic mass is 35.5. The molecule has 3 aliphatic heterocycles. The molecule has 0 saturated carbocycles. The maximum absolute atomic E-state index is 12.0. The van der Waals surface area contributed by atoms with Gasteiger partial charge >= 0.3 is 0 Å². The summed E-state index contributed by atoms with van der Waals surface area (Å²) in [4.78, 5) is 22.7. The lowest BCUT2D eigenvalue weighted by Crippen LogP contribution is -2.51. The Hall–Kier alpha value is -3.15. The minimum absolute atomic E-state index is 0.0830. The van der Waals surface area contributed by atoms with Crippen LogP contribution >= 0.6 is 11.6 Å². The second kappa shape index (κ2) is 7.59. The van der Waals surface area contributed by atoms with Crippen LogP contribution in [0.4, 0.5) is 0 Å². The number of halogens is 1. The fourth-order valence-corrected chi connectivity index (χ4v) is 4.17. The van der Waals surface area contributed by atoms with E-state index in [1.54, 1.807) is 12.1 Å². The van der Waals surface area contributed by atoms with Crippen LogP contribution in [0.3, 0.4) is 0 Å². The fraction of sp³-hybridized carbons (Fsp3) is 0.333. The molecule has 154 valence electrons. The standard InChI is InChI=1S/C21H20ClN5O3/c1-12-17(14-3-5-15(22)6-4-14)30-20(25-13(2)28)21(12)16(11-23)18(24)26-19(21)27-7-9-29-10-8-27/h3-6H,7-10,24H2,1-2H3. The molecule has 1 atom stereocenters. The highest BCUT2D eigenvalue weighted by Gasteiger charge is 2.59. The van der Waals surface area contributed by atoms with E-state index in [0.29, 0.717) is 48.5 Å². The highest BCUT2D eigenvalue weighted by Crippen LogP contribution is 2.52. The second-order valence-corrected chi connectivity index (χ2v) is 7.59. The Balaban J connectivity index is 1.97. The van der Waals surface area contributed by atoms with Gasteiger partial charge in [0.15, 0.2) is 5.41 Å². The minimum Gasteiger partial charge on any atom is -0.440 e. The van der Waals surface area contributed by atoms with E-state index in [2.05, 4.69) is 16.1 Å². The molecule has 9 heteroatoms. The summed E-state index contributed by atoms with van der Waals surface area (Å²) in [6, 6.07) is 9.30. The number of aliphatic imine (C=N–C) groups is 2. The van der Waals surface area contributed by atoms with Crippen LogP contribution in [0.1, 0.15) is 19.4 Å². The molecular formula is C21H20ClN5O3. The van der Waals surface area contributed by atoms with Gasteiger partial charge in [-0.25, -0.2) is 4.99 Å². The summed E-state index contributed by atoms with van der Waals surface area (Å²) in [6.45, 7) is 5.36. The predicted molar refractivity (Wildman–Crippen MR) is 112 cm³/mol. The average molecular weight is 426 g/mol. The Morgan fingerprint density at radius 2 is 2.00 bits per heavy atom. The van der Waals surface area contributed by atoms with Gasteiger partial charge in [0, 0.05) is 30.6 Å². The summed E-state index contributed by atoms with van der Waals surface area (Å²) in [5.41, 5.74) is 6.55. The monoisotopic (exact) mass is 425 g/mol. The molecule has 4 rings (SSSR count). The van der Waals surface area contributed by atoms with Crippen LogP contribution < -0.4 is 5.73 Å². The van der Waals surface area contributed by atoms with Crippen LogP contribution in [0.2, 0.25) is 5.02 Å². The number of carbonyl (C=O) groups excluding carboxylic acids is 1. The molecule has 1 unspecified atom stereocenters. The third-order valence-corrected chi connectivity index (χ3v) is 5.66. The summed E-state index contributed by atoms with van der Waals surface area (Å²) in [5.74, 6) is 0.755. The Morgan fingerprint density at radius 3 is 2.60 bits per heavy atom. The lowest BCUT2D eigenvalue weighted by molar-refractivity contribution is -0.115. The number of nitriles is 1. The largest absolute Gasteiger partial charge is 0.440 e. The molecule has 1 fully saturated rings. The highest BCUT2D eigenvalue weighted by molar-refractivity contribution is 6.30. The topological polar surface area (TPSA) is 113 Å². The molecule has 3 heterocycles. The fourth-order valence-electron chi connectivity index (χ4n) is 4.05. The van der Waals surface area contributed by atoms with E-state index < -0.39 is 11.3 Å². The van der Waals surface area contributed by atoms with E-state index in [0.717, 1.165) is 5.56 Å². The number of amidine groups is 1. The Labute approximate surface area is 178 Å². The number of hydrogen-bond donors (Lipinski definition) is 1. The van der Waals surface area contributed by atoms with Crippen molar-refractivity contribution >= 4 is 35.0 Å². The number of amides is 1. The smallest absolute Gasteiger partial charge is 0.245 e. The van der Waals surface area contributed by atoms with Crippen LogP contribution in [0.25, 0.3) is 5.76 Å². The van der Waals surface area contributed by atoms with Gasteiger partial charge < -0.3 is 20.1 Å². The maximum atomic E-state index is 12.0.